The number of nitrogens with zero attached hydrogens (tertiary/aromatic N) is 2. The highest BCUT2D eigenvalue weighted by atomic mass is 16.6. The summed E-state index contributed by atoms with van der Waals surface area (Å²) in [4.78, 5) is 107. The summed E-state index contributed by atoms with van der Waals surface area (Å²) < 4.78 is 5.72. The molecule has 2 aromatic rings. The molecule has 8 N–H and O–H groups in total. The molecule has 0 heterocycles. The second kappa shape index (κ2) is 24.3. The van der Waals surface area contributed by atoms with Gasteiger partial charge in [0.25, 0.3) is 0 Å². The number of likely N-dealkylation sites (N-methyl/N-ethyl adjacent to an activating group) is 2. The van der Waals surface area contributed by atoms with Gasteiger partial charge in [0.2, 0.25) is 29.5 Å². The fourth-order valence-electron chi connectivity index (χ4n) is 7.08. The van der Waals surface area contributed by atoms with E-state index in [0.717, 1.165) is 5.56 Å². The first-order valence-electron chi connectivity index (χ1n) is 21.9. The van der Waals surface area contributed by atoms with Gasteiger partial charge < -0.3 is 46.9 Å². The maximum atomic E-state index is 14.7. The number of benzene rings is 2. The highest BCUT2D eigenvalue weighted by Gasteiger charge is 2.45. The van der Waals surface area contributed by atoms with Crippen molar-refractivity contribution in [3.8, 4) is 0 Å². The Hall–Kier alpha value is -6.30. The zero-order valence-corrected chi connectivity index (χ0v) is 40.6. The number of hydrogen-bond donors (Lipinski definition) is 7. The van der Waals surface area contributed by atoms with Crippen LogP contribution in [0.3, 0.4) is 0 Å². The number of carboxylic acid groups (broad SMARTS) is 2. The van der Waals surface area contributed by atoms with Crippen LogP contribution in [0.25, 0.3) is 0 Å². The van der Waals surface area contributed by atoms with Crippen molar-refractivity contribution >= 4 is 53.3 Å². The molecular weight excluding hydrogens is 851 g/mol. The molecule has 0 aliphatic heterocycles. The highest BCUT2D eigenvalue weighted by molar-refractivity contribution is 5.98. The first-order chi connectivity index (χ1) is 30.5. The molecule has 0 aromatic heterocycles. The summed E-state index contributed by atoms with van der Waals surface area (Å²) in [6.45, 7) is 19.0. The van der Waals surface area contributed by atoms with E-state index >= 15 is 0 Å². The van der Waals surface area contributed by atoms with Crippen molar-refractivity contribution in [2.75, 3.05) is 19.4 Å². The molecule has 2 aromatic carbocycles. The van der Waals surface area contributed by atoms with E-state index in [1.54, 1.807) is 79.7 Å². The van der Waals surface area contributed by atoms with E-state index in [1.165, 1.54) is 36.9 Å². The van der Waals surface area contributed by atoms with E-state index in [-0.39, 0.29) is 30.4 Å². The summed E-state index contributed by atoms with van der Waals surface area (Å²) in [7, 11) is 2.97. The summed E-state index contributed by atoms with van der Waals surface area (Å²) in [5.41, 5.74) is 5.80. The van der Waals surface area contributed by atoms with Gasteiger partial charge in [-0.05, 0) is 60.8 Å². The largest absolute Gasteiger partial charge is 0.481 e. The van der Waals surface area contributed by atoms with Gasteiger partial charge in [-0.3, -0.25) is 33.7 Å². The van der Waals surface area contributed by atoms with Crippen LogP contribution in [0.2, 0.25) is 0 Å². The molecule has 2 rings (SSSR count). The van der Waals surface area contributed by atoms with Crippen LogP contribution in [0.15, 0.2) is 66.2 Å². The number of aliphatic carboxylic acids is 2. The number of hydrogen-bond acceptors (Lipinski definition) is 10. The Bertz CT molecular complexity index is 2060. The third-order valence-electron chi connectivity index (χ3n) is 11.4. The summed E-state index contributed by atoms with van der Waals surface area (Å²) in [5, 5.41) is 29.2. The standard InChI is InChI=1S/C48H71N7O11/c1-27(2)35(25-29(5)40(58)52-34(45(63)64)23-24-36(56)57)54(12)44(62)38(47(7,8)9)53-43(61)39(48(10,11)32-17-15-14-16-18-32)55(13)46(65)66-26-31-19-21-33(22-20-31)51-41(59)30(6)50-42(60)37(49)28(3)4/h14-22,25,27-28,30,34-35,37-39H,23-24,26,49H2,1-13H3,(H,50,60)(H,51,59)(H,52,58)(H,53,61)(H,56,57)(H,63,64)/b29-25+/t30-,34+,35+,37-,38+,39+/m0/s1. The SMILES string of the molecule is C/C(=C\[C@H](C(C)C)N(C)C(=O)[C@@H](NC(=O)[C@@H](N(C)C(=O)OCc1ccc(NC(=O)[C@H](C)NC(=O)[C@@H](N)C(C)C)cc1)C(C)(C)c1ccccc1)C(C)(C)C)C(=O)N[C@H](CCC(=O)O)C(=O)O. The number of ether oxygens (including phenoxy) is 1. The van der Waals surface area contributed by atoms with Crippen molar-refractivity contribution in [2.24, 2.45) is 23.0 Å². The van der Waals surface area contributed by atoms with Gasteiger partial charge in [0.1, 0.15) is 30.8 Å². The smallest absolute Gasteiger partial charge is 0.410 e. The van der Waals surface area contributed by atoms with Crippen molar-refractivity contribution in [3.05, 3.63) is 77.4 Å². The first kappa shape index (κ1) is 55.8. The maximum absolute atomic E-state index is 14.7. The van der Waals surface area contributed by atoms with Gasteiger partial charge in [-0.1, -0.05) is 111 Å². The predicted octanol–water partition coefficient (Wildman–Crippen LogP) is 4.42. The molecule has 6 amide bonds. The van der Waals surface area contributed by atoms with Crippen molar-refractivity contribution in [1.82, 2.24) is 25.8 Å². The second-order valence-corrected chi connectivity index (χ2v) is 19.0. The molecule has 0 bridgehead atoms. The van der Waals surface area contributed by atoms with Crippen LogP contribution >= 0.6 is 0 Å². The zero-order valence-electron chi connectivity index (χ0n) is 40.6. The monoisotopic (exact) mass is 922 g/mol. The van der Waals surface area contributed by atoms with Gasteiger partial charge in [-0.2, -0.15) is 0 Å². The fraction of sp³-hybridized carbons (Fsp3) is 0.542. The van der Waals surface area contributed by atoms with Crippen LogP contribution in [-0.4, -0.2) is 118 Å². The Morgan fingerprint density at radius 2 is 1.33 bits per heavy atom. The van der Waals surface area contributed by atoms with Crippen LogP contribution in [0.4, 0.5) is 10.5 Å². The number of carboxylic acids is 2. The van der Waals surface area contributed by atoms with Crippen molar-refractivity contribution < 1.29 is 53.3 Å². The average Bonchev–Trinajstić information content (AvgIpc) is 3.24. The van der Waals surface area contributed by atoms with Gasteiger partial charge in [0, 0.05) is 37.2 Å². The van der Waals surface area contributed by atoms with Gasteiger partial charge in [0.15, 0.2) is 0 Å². The molecule has 0 aliphatic rings. The molecule has 0 spiro atoms. The lowest BCUT2D eigenvalue weighted by molar-refractivity contribution is -0.142. The number of anilines is 1. The number of nitrogens with one attached hydrogen (secondary N) is 4. The number of amides is 6. The highest BCUT2D eigenvalue weighted by Crippen LogP contribution is 2.32. The maximum Gasteiger partial charge on any atom is 0.410 e. The third kappa shape index (κ3) is 16.0. The summed E-state index contributed by atoms with van der Waals surface area (Å²) in [5.74, 6) is -5.76. The number of nitrogens with two attached hydrogens (primary N) is 1. The lowest BCUT2D eigenvalue weighted by Gasteiger charge is -2.42. The fourth-order valence-corrected chi connectivity index (χ4v) is 7.08. The van der Waals surface area contributed by atoms with Crippen LogP contribution in [0, 0.1) is 17.3 Å². The molecule has 66 heavy (non-hydrogen) atoms. The number of carbonyl (C=O) groups is 8. The normalized spacial score (nSPS) is 14.7. The Kier molecular flexibility index (Phi) is 20.5. The molecule has 0 fully saturated rings. The van der Waals surface area contributed by atoms with Gasteiger partial charge in [-0.15, -0.1) is 0 Å². The first-order valence-corrected chi connectivity index (χ1v) is 21.9. The number of rotatable bonds is 22. The molecular formula is C48H71N7O11. The zero-order chi connectivity index (χ0) is 50.4. The molecule has 0 saturated carbocycles. The predicted molar refractivity (Wildman–Crippen MR) is 250 cm³/mol. The molecule has 6 atom stereocenters. The van der Waals surface area contributed by atoms with E-state index in [1.807, 2.05) is 44.2 Å². The number of carbonyl (C=O) groups excluding carboxylic acids is 6. The van der Waals surface area contributed by atoms with Gasteiger partial charge >= 0.3 is 18.0 Å². The van der Waals surface area contributed by atoms with Crippen LogP contribution in [-0.2, 0) is 50.3 Å². The van der Waals surface area contributed by atoms with Gasteiger partial charge in [-0.25, -0.2) is 9.59 Å². The Balaban J connectivity index is 2.37. The average molecular weight is 922 g/mol. The minimum atomic E-state index is -1.45. The molecule has 0 aliphatic carbocycles. The lowest BCUT2D eigenvalue weighted by Crippen LogP contribution is -2.63. The minimum Gasteiger partial charge on any atom is -0.481 e. The lowest BCUT2D eigenvalue weighted by atomic mass is 9.76. The van der Waals surface area contributed by atoms with Crippen molar-refractivity contribution in [3.63, 3.8) is 0 Å². The van der Waals surface area contributed by atoms with E-state index in [4.69, 9.17) is 15.6 Å². The Morgan fingerprint density at radius 3 is 1.83 bits per heavy atom. The Labute approximate surface area is 388 Å². The molecule has 18 heteroatoms. The second-order valence-electron chi connectivity index (χ2n) is 19.0. The summed E-state index contributed by atoms with van der Waals surface area (Å²) >= 11 is 0. The molecule has 364 valence electrons. The molecule has 0 saturated heterocycles. The van der Waals surface area contributed by atoms with Crippen LogP contribution < -0.4 is 27.0 Å². The third-order valence-corrected chi connectivity index (χ3v) is 11.4. The van der Waals surface area contributed by atoms with E-state index in [9.17, 15) is 43.5 Å². The Morgan fingerprint density at radius 1 is 0.758 bits per heavy atom. The summed E-state index contributed by atoms with van der Waals surface area (Å²) in [6.07, 6.45) is -0.0984. The quantitative estimate of drug-likeness (QED) is 0.0810. The van der Waals surface area contributed by atoms with Crippen molar-refractivity contribution in [1.29, 1.82) is 0 Å². The van der Waals surface area contributed by atoms with Crippen LogP contribution in [0.5, 0.6) is 0 Å². The van der Waals surface area contributed by atoms with E-state index in [0.29, 0.717) is 11.3 Å². The summed E-state index contributed by atoms with van der Waals surface area (Å²) in [6, 6.07) is 9.49. The molecule has 0 unspecified atom stereocenters. The van der Waals surface area contributed by atoms with Crippen LogP contribution in [0.1, 0.15) is 100 Å². The topological polar surface area (TPSA) is 267 Å². The minimum absolute atomic E-state index is 0.0959. The van der Waals surface area contributed by atoms with Gasteiger partial charge in [0.05, 0.1) is 12.1 Å². The molecule has 0 radical (unpaired) electrons. The van der Waals surface area contributed by atoms with E-state index in [2.05, 4.69) is 21.3 Å². The van der Waals surface area contributed by atoms with Crippen molar-refractivity contribution in [2.45, 2.75) is 137 Å². The van der Waals surface area contributed by atoms with E-state index < -0.39 is 101 Å². The molecule has 18 nitrogen and oxygen atoms in total.